The Bertz CT molecular complexity index is 299. The van der Waals surface area contributed by atoms with E-state index in [0.717, 1.165) is 38.4 Å². The Morgan fingerprint density at radius 3 is 2.95 bits per heavy atom. The number of carbonyl (C=O) groups is 1. The van der Waals surface area contributed by atoms with Crippen LogP contribution in [0.25, 0.3) is 0 Å². The Hall–Kier alpha value is 0.0300. The average molecular weight is 323 g/mol. The van der Waals surface area contributed by atoms with Crippen LogP contribution in [0.2, 0.25) is 0 Å². The topological polar surface area (TPSA) is 41.6 Å². The van der Waals surface area contributed by atoms with Gasteiger partial charge in [-0.2, -0.15) is 11.8 Å². The van der Waals surface area contributed by atoms with Crippen LogP contribution in [-0.2, 0) is 9.53 Å². The molecule has 1 N–H and O–H groups in total. The van der Waals surface area contributed by atoms with Crippen molar-refractivity contribution in [2.75, 3.05) is 37.7 Å². The van der Waals surface area contributed by atoms with E-state index >= 15 is 0 Å². The van der Waals surface area contributed by atoms with E-state index in [4.69, 9.17) is 4.74 Å². The third-order valence-electron chi connectivity index (χ3n) is 3.58. The molecule has 2 aliphatic rings. The van der Waals surface area contributed by atoms with Gasteiger partial charge in [0.2, 0.25) is 5.91 Å². The molecule has 2 aliphatic heterocycles. The zero-order valence-corrected chi connectivity index (χ0v) is 14.1. The van der Waals surface area contributed by atoms with E-state index in [0.29, 0.717) is 18.4 Å². The zero-order valence-electron chi connectivity index (χ0n) is 12.5. The van der Waals surface area contributed by atoms with Crippen molar-refractivity contribution in [2.24, 2.45) is 5.92 Å². The molecule has 0 radical (unpaired) electrons. The highest BCUT2D eigenvalue weighted by Gasteiger charge is 2.28. The predicted octanol–water partition coefficient (Wildman–Crippen LogP) is 1.78. The summed E-state index contributed by atoms with van der Waals surface area (Å²) in [7, 11) is 0. The van der Waals surface area contributed by atoms with Gasteiger partial charge in [-0.05, 0) is 12.3 Å². The number of thioether (sulfide) groups is 1. The number of nitrogens with zero attached hydrogens (tertiary/aromatic N) is 1. The van der Waals surface area contributed by atoms with Crippen LogP contribution < -0.4 is 5.32 Å². The first kappa shape index (κ1) is 18.1. The second kappa shape index (κ2) is 9.13. The maximum Gasteiger partial charge on any atom is 0.224 e. The summed E-state index contributed by atoms with van der Waals surface area (Å²) in [6.45, 7) is 7.79. The number of amides is 1. The highest BCUT2D eigenvalue weighted by atomic mass is 35.5. The first-order valence-electron chi connectivity index (χ1n) is 7.35. The number of likely N-dealkylation sites (tertiary alicyclic amines) is 1. The number of carbonyl (C=O) groups excluding carboxylic acids is 1. The molecule has 0 aromatic carbocycles. The van der Waals surface area contributed by atoms with Crippen molar-refractivity contribution in [3.63, 3.8) is 0 Å². The maximum atomic E-state index is 12.2. The molecule has 2 unspecified atom stereocenters. The van der Waals surface area contributed by atoms with E-state index in [1.165, 1.54) is 5.75 Å². The van der Waals surface area contributed by atoms with Gasteiger partial charge in [0.25, 0.3) is 0 Å². The van der Waals surface area contributed by atoms with Crippen molar-refractivity contribution in [3.05, 3.63) is 0 Å². The highest BCUT2D eigenvalue weighted by molar-refractivity contribution is 7.99. The highest BCUT2D eigenvalue weighted by Crippen LogP contribution is 2.17. The normalized spacial score (nSPS) is 26.6. The molecule has 0 aromatic heterocycles. The molecular formula is C14H27ClN2O2S. The lowest BCUT2D eigenvalue weighted by Crippen LogP contribution is -2.42. The first-order valence-corrected chi connectivity index (χ1v) is 8.51. The first-order chi connectivity index (χ1) is 9.15. The molecule has 0 aliphatic carbocycles. The summed E-state index contributed by atoms with van der Waals surface area (Å²) < 4.78 is 5.82. The standard InChI is InChI=1S/C14H26N2O2S.ClH/c1-11(2)9-18-13-3-5-16(8-13)14(17)7-12-10-19-6-4-15-12;/h11-13,15H,3-10H2,1-2H3;1H. The summed E-state index contributed by atoms with van der Waals surface area (Å²) in [5.74, 6) is 3.08. The monoisotopic (exact) mass is 322 g/mol. The SMILES string of the molecule is CC(C)COC1CCN(C(=O)CC2CSCCN2)C1.Cl. The molecule has 0 aromatic rings. The molecule has 2 rings (SSSR count). The van der Waals surface area contributed by atoms with Gasteiger partial charge >= 0.3 is 0 Å². The molecule has 2 heterocycles. The van der Waals surface area contributed by atoms with Crippen LogP contribution in [0.3, 0.4) is 0 Å². The average Bonchev–Trinajstić information content (AvgIpc) is 2.86. The summed E-state index contributed by atoms with van der Waals surface area (Å²) >= 11 is 1.94. The van der Waals surface area contributed by atoms with E-state index in [9.17, 15) is 4.79 Å². The molecule has 0 spiro atoms. The third-order valence-corrected chi connectivity index (χ3v) is 4.71. The van der Waals surface area contributed by atoms with Crippen LogP contribution in [-0.4, -0.2) is 60.7 Å². The minimum Gasteiger partial charge on any atom is -0.376 e. The van der Waals surface area contributed by atoms with Crippen LogP contribution in [0.15, 0.2) is 0 Å². The summed E-state index contributed by atoms with van der Waals surface area (Å²) in [5.41, 5.74) is 0. The van der Waals surface area contributed by atoms with E-state index in [1.807, 2.05) is 16.7 Å². The molecule has 2 saturated heterocycles. The van der Waals surface area contributed by atoms with Crippen LogP contribution >= 0.6 is 24.2 Å². The smallest absolute Gasteiger partial charge is 0.224 e. The van der Waals surface area contributed by atoms with Crippen LogP contribution in [0, 0.1) is 5.92 Å². The molecule has 118 valence electrons. The van der Waals surface area contributed by atoms with E-state index in [-0.39, 0.29) is 24.4 Å². The number of rotatable bonds is 5. The molecule has 2 atom stereocenters. The van der Waals surface area contributed by atoms with Crippen LogP contribution in [0.1, 0.15) is 26.7 Å². The van der Waals surface area contributed by atoms with Gasteiger partial charge in [0.05, 0.1) is 6.10 Å². The fourth-order valence-electron chi connectivity index (χ4n) is 2.51. The fourth-order valence-corrected chi connectivity index (χ4v) is 3.46. The number of ether oxygens (including phenoxy) is 1. The molecule has 1 amide bonds. The molecule has 4 nitrogen and oxygen atoms in total. The number of hydrogen-bond acceptors (Lipinski definition) is 4. The van der Waals surface area contributed by atoms with Gasteiger partial charge in [0.15, 0.2) is 0 Å². The zero-order chi connectivity index (χ0) is 13.7. The number of halogens is 1. The fraction of sp³-hybridized carbons (Fsp3) is 0.929. The summed E-state index contributed by atoms with van der Waals surface area (Å²) in [6, 6.07) is 0.363. The Kier molecular flexibility index (Phi) is 8.25. The molecule has 0 saturated carbocycles. The van der Waals surface area contributed by atoms with Crippen molar-refractivity contribution < 1.29 is 9.53 Å². The Labute approximate surface area is 132 Å². The Morgan fingerprint density at radius 2 is 2.30 bits per heavy atom. The third kappa shape index (κ3) is 5.80. The lowest BCUT2D eigenvalue weighted by molar-refractivity contribution is -0.131. The lowest BCUT2D eigenvalue weighted by Gasteiger charge is -2.25. The largest absolute Gasteiger partial charge is 0.376 e. The summed E-state index contributed by atoms with van der Waals surface area (Å²) in [5, 5.41) is 3.43. The Balaban J connectivity index is 0.00000200. The van der Waals surface area contributed by atoms with E-state index < -0.39 is 0 Å². The number of nitrogens with one attached hydrogen (secondary N) is 1. The molecule has 0 bridgehead atoms. The molecule has 20 heavy (non-hydrogen) atoms. The van der Waals surface area contributed by atoms with Crippen molar-refractivity contribution >= 4 is 30.1 Å². The van der Waals surface area contributed by atoms with Crippen LogP contribution in [0.4, 0.5) is 0 Å². The van der Waals surface area contributed by atoms with Gasteiger partial charge in [-0.15, -0.1) is 12.4 Å². The van der Waals surface area contributed by atoms with Gasteiger partial charge in [-0.25, -0.2) is 0 Å². The minimum absolute atomic E-state index is 0. The van der Waals surface area contributed by atoms with Crippen molar-refractivity contribution in [3.8, 4) is 0 Å². The van der Waals surface area contributed by atoms with Gasteiger partial charge < -0.3 is 15.0 Å². The van der Waals surface area contributed by atoms with Crippen molar-refractivity contribution in [2.45, 2.75) is 38.8 Å². The maximum absolute atomic E-state index is 12.2. The summed E-state index contributed by atoms with van der Waals surface area (Å²) in [6.07, 6.45) is 1.88. The minimum atomic E-state index is 0. The quantitative estimate of drug-likeness (QED) is 0.837. The van der Waals surface area contributed by atoms with Crippen molar-refractivity contribution in [1.82, 2.24) is 10.2 Å². The van der Waals surface area contributed by atoms with Gasteiger partial charge in [0, 0.05) is 50.2 Å². The second-order valence-electron chi connectivity index (χ2n) is 5.91. The number of hydrogen-bond donors (Lipinski definition) is 1. The second-order valence-corrected chi connectivity index (χ2v) is 7.06. The van der Waals surface area contributed by atoms with Gasteiger partial charge in [-0.1, -0.05) is 13.8 Å². The van der Waals surface area contributed by atoms with Crippen LogP contribution in [0.5, 0.6) is 0 Å². The lowest BCUT2D eigenvalue weighted by atomic mass is 10.2. The van der Waals surface area contributed by atoms with E-state index in [1.54, 1.807) is 0 Å². The molecule has 6 heteroatoms. The Morgan fingerprint density at radius 1 is 1.50 bits per heavy atom. The van der Waals surface area contributed by atoms with Crippen molar-refractivity contribution in [1.29, 1.82) is 0 Å². The van der Waals surface area contributed by atoms with Gasteiger partial charge in [0.1, 0.15) is 0 Å². The predicted molar refractivity (Wildman–Crippen MR) is 86.8 cm³/mol. The molecule has 2 fully saturated rings. The van der Waals surface area contributed by atoms with E-state index in [2.05, 4.69) is 19.2 Å². The summed E-state index contributed by atoms with van der Waals surface area (Å²) in [4.78, 5) is 14.2. The van der Waals surface area contributed by atoms with Gasteiger partial charge in [-0.3, -0.25) is 4.79 Å². The molecular weight excluding hydrogens is 296 g/mol.